The molecule has 0 bridgehead atoms. The van der Waals surface area contributed by atoms with E-state index >= 15 is 0 Å². The number of fused-ring (bicyclic) bond motifs is 1. The molecule has 0 radical (unpaired) electrons. The van der Waals surface area contributed by atoms with Gasteiger partial charge in [0.1, 0.15) is 0 Å². The van der Waals surface area contributed by atoms with Crippen LogP contribution in [0.25, 0.3) is 0 Å². The first-order valence-corrected chi connectivity index (χ1v) is 5.31. The van der Waals surface area contributed by atoms with Crippen LogP contribution in [-0.4, -0.2) is 18.5 Å². The van der Waals surface area contributed by atoms with E-state index in [9.17, 15) is 0 Å². The standard InChI is InChI=1S/C12H16O3/c1-9-6-11-12(15-8-14-11)7-10(9)4-2-3-5-13/h6-7,13H,2-5,8H2,1H3. The van der Waals surface area contributed by atoms with Crippen LogP contribution in [0.3, 0.4) is 0 Å². The summed E-state index contributed by atoms with van der Waals surface area (Å²) in [5.74, 6) is 1.69. The summed E-state index contributed by atoms with van der Waals surface area (Å²) in [7, 11) is 0. The third-order valence-corrected chi connectivity index (χ3v) is 2.69. The van der Waals surface area contributed by atoms with Gasteiger partial charge in [-0.25, -0.2) is 0 Å². The molecule has 15 heavy (non-hydrogen) atoms. The first-order valence-electron chi connectivity index (χ1n) is 5.31. The van der Waals surface area contributed by atoms with Crippen molar-refractivity contribution in [1.82, 2.24) is 0 Å². The monoisotopic (exact) mass is 208 g/mol. The fourth-order valence-electron chi connectivity index (χ4n) is 1.78. The van der Waals surface area contributed by atoms with Gasteiger partial charge in [-0.3, -0.25) is 0 Å². The van der Waals surface area contributed by atoms with Crippen molar-refractivity contribution in [3.8, 4) is 11.5 Å². The summed E-state index contributed by atoms with van der Waals surface area (Å²) in [6.07, 6.45) is 2.86. The highest BCUT2D eigenvalue weighted by atomic mass is 16.7. The van der Waals surface area contributed by atoms with Crippen LogP contribution < -0.4 is 9.47 Å². The molecule has 0 aliphatic carbocycles. The number of hydrogen-bond donors (Lipinski definition) is 1. The van der Waals surface area contributed by atoms with E-state index in [1.807, 2.05) is 6.07 Å². The topological polar surface area (TPSA) is 38.7 Å². The highest BCUT2D eigenvalue weighted by Crippen LogP contribution is 2.34. The second kappa shape index (κ2) is 4.53. The molecule has 1 heterocycles. The van der Waals surface area contributed by atoms with Crippen LogP contribution in [0.1, 0.15) is 24.0 Å². The third-order valence-electron chi connectivity index (χ3n) is 2.69. The van der Waals surface area contributed by atoms with E-state index in [1.165, 1.54) is 11.1 Å². The molecule has 1 aromatic rings. The maximum atomic E-state index is 8.72. The van der Waals surface area contributed by atoms with E-state index in [2.05, 4.69) is 13.0 Å². The second-order valence-electron chi connectivity index (χ2n) is 3.81. The zero-order valence-electron chi connectivity index (χ0n) is 8.95. The van der Waals surface area contributed by atoms with Crippen LogP contribution in [0, 0.1) is 6.92 Å². The van der Waals surface area contributed by atoms with Gasteiger partial charge in [0, 0.05) is 6.61 Å². The molecule has 0 atom stereocenters. The van der Waals surface area contributed by atoms with Crippen molar-refractivity contribution in [3.05, 3.63) is 23.3 Å². The number of benzene rings is 1. The molecule has 0 spiro atoms. The number of hydrogen-bond acceptors (Lipinski definition) is 3. The molecule has 0 saturated heterocycles. The molecule has 1 N–H and O–H groups in total. The number of rotatable bonds is 4. The molecule has 82 valence electrons. The van der Waals surface area contributed by atoms with Crippen LogP contribution in [0.2, 0.25) is 0 Å². The van der Waals surface area contributed by atoms with Crippen molar-refractivity contribution in [2.24, 2.45) is 0 Å². The number of aliphatic hydroxyl groups excluding tert-OH is 1. The third kappa shape index (κ3) is 2.23. The van der Waals surface area contributed by atoms with Crippen LogP contribution >= 0.6 is 0 Å². The van der Waals surface area contributed by atoms with Crippen molar-refractivity contribution >= 4 is 0 Å². The minimum atomic E-state index is 0.267. The molecule has 0 fully saturated rings. The lowest BCUT2D eigenvalue weighted by Gasteiger charge is -2.06. The molecular weight excluding hydrogens is 192 g/mol. The molecule has 0 aromatic heterocycles. The fourth-order valence-corrected chi connectivity index (χ4v) is 1.78. The Morgan fingerprint density at radius 1 is 1.20 bits per heavy atom. The largest absolute Gasteiger partial charge is 0.454 e. The quantitative estimate of drug-likeness (QED) is 0.769. The number of ether oxygens (including phenoxy) is 2. The first kappa shape index (κ1) is 10.3. The van der Waals surface area contributed by atoms with E-state index < -0.39 is 0 Å². The maximum absolute atomic E-state index is 8.72. The van der Waals surface area contributed by atoms with Crippen LogP contribution in [0.5, 0.6) is 11.5 Å². The second-order valence-corrected chi connectivity index (χ2v) is 3.81. The van der Waals surface area contributed by atoms with E-state index in [0.717, 1.165) is 30.8 Å². The molecule has 1 aliphatic heterocycles. The highest BCUT2D eigenvalue weighted by Gasteiger charge is 2.15. The summed E-state index contributed by atoms with van der Waals surface area (Å²) in [4.78, 5) is 0. The Balaban J connectivity index is 2.10. The molecule has 0 saturated carbocycles. The highest BCUT2D eigenvalue weighted by molar-refractivity contribution is 5.48. The van der Waals surface area contributed by atoms with Crippen molar-refractivity contribution in [3.63, 3.8) is 0 Å². The Morgan fingerprint density at radius 2 is 1.93 bits per heavy atom. The van der Waals surface area contributed by atoms with Crippen LogP contribution in [0.4, 0.5) is 0 Å². The van der Waals surface area contributed by atoms with Crippen molar-refractivity contribution in [2.45, 2.75) is 26.2 Å². The van der Waals surface area contributed by atoms with E-state index in [-0.39, 0.29) is 6.61 Å². The molecule has 1 aromatic carbocycles. The zero-order chi connectivity index (χ0) is 10.7. The van der Waals surface area contributed by atoms with Crippen LogP contribution in [-0.2, 0) is 6.42 Å². The van der Waals surface area contributed by atoms with Gasteiger partial charge in [0.25, 0.3) is 0 Å². The van der Waals surface area contributed by atoms with Gasteiger partial charge in [0.15, 0.2) is 11.5 Å². The number of unbranched alkanes of at least 4 members (excludes halogenated alkanes) is 1. The minimum Gasteiger partial charge on any atom is -0.454 e. The van der Waals surface area contributed by atoms with Gasteiger partial charge in [-0.05, 0) is 49.4 Å². The van der Waals surface area contributed by atoms with Gasteiger partial charge in [-0.1, -0.05) is 0 Å². The normalized spacial score (nSPS) is 13.2. The van der Waals surface area contributed by atoms with Gasteiger partial charge in [0.05, 0.1) is 0 Å². The van der Waals surface area contributed by atoms with Gasteiger partial charge in [-0.15, -0.1) is 0 Å². The van der Waals surface area contributed by atoms with E-state index in [0.29, 0.717) is 6.79 Å². The number of aliphatic hydroxyl groups is 1. The molecular formula is C12H16O3. The molecule has 1 aliphatic rings. The van der Waals surface area contributed by atoms with E-state index in [1.54, 1.807) is 0 Å². The predicted molar refractivity (Wildman–Crippen MR) is 57.3 cm³/mol. The average molecular weight is 208 g/mol. The minimum absolute atomic E-state index is 0.267. The SMILES string of the molecule is Cc1cc2c(cc1CCCCO)OCO2. The van der Waals surface area contributed by atoms with Gasteiger partial charge in [0.2, 0.25) is 6.79 Å². The lowest BCUT2D eigenvalue weighted by molar-refractivity contribution is 0.174. The lowest BCUT2D eigenvalue weighted by atomic mass is 10.0. The summed E-state index contributed by atoms with van der Waals surface area (Å²) in [6.45, 7) is 2.68. The van der Waals surface area contributed by atoms with E-state index in [4.69, 9.17) is 14.6 Å². The van der Waals surface area contributed by atoms with Gasteiger partial charge in [-0.2, -0.15) is 0 Å². The Bertz CT molecular complexity index is 347. The fraction of sp³-hybridized carbons (Fsp3) is 0.500. The smallest absolute Gasteiger partial charge is 0.231 e. The average Bonchev–Trinajstić information content (AvgIpc) is 2.65. The Labute approximate surface area is 89.6 Å². The Hall–Kier alpha value is -1.22. The zero-order valence-corrected chi connectivity index (χ0v) is 8.95. The first-order chi connectivity index (χ1) is 7.31. The van der Waals surface area contributed by atoms with Crippen LogP contribution in [0.15, 0.2) is 12.1 Å². The summed E-state index contributed by atoms with van der Waals surface area (Å²) in [5, 5.41) is 8.72. The van der Waals surface area contributed by atoms with Gasteiger partial charge >= 0.3 is 0 Å². The van der Waals surface area contributed by atoms with Crippen molar-refractivity contribution in [1.29, 1.82) is 0 Å². The summed E-state index contributed by atoms with van der Waals surface area (Å²) in [6, 6.07) is 4.08. The molecule has 3 heteroatoms. The summed E-state index contributed by atoms with van der Waals surface area (Å²) >= 11 is 0. The summed E-state index contributed by atoms with van der Waals surface area (Å²) in [5.41, 5.74) is 2.52. The predicted octanol–water partition coefficient (Wildman–Crippen LogP) is 2.04. The molecule has 3 nitrogen and oxygen atoms in total. The summed E-state index contributed by atoms with van der Waals surface area (Å²) < 4.78 is 10.6. The molecule has 0 amide bonds. The van der Waals surface area contributed by atoms with Gasteiger partial charge < -0.3 is 14.6 Å². The molecule has 2 rings (SSSR count). The Morgan fingerprint density at radius 3 is 2.67 bits per heavy atom. The van der Waals surface area contributed by atoms with Crippen molar-refractivity contribution in [2.75, 3.05) is 13.4 Å². The van der Waals surface area contributed by atoms with Crippen molar-refractivity contribution < 1.29 is 14.6 Å². The lowest BCUT2D eigenvalue weighted by Crippen LogP contribution is -1.93. The number of aryl methyl sites for hydroxylation is 2. The maximum Gasteiger partial charge on any atom is 0.231 e. The Kier molecular flexibility index (Phi) is 3.11. The molecule has 0 unspecified atom stereocenters.